The van der Waals surface area contributed by atoms with Crippen molar-refractivity contribution in [1.29, 1.82) is 0 Å². The van der Waals surface area contributed by atoms with Crippen LogP contribution in [0.15, 0.2) is 47.7 Å². The van der Waals surface area contributed by atoms with Gasteiger partial charge in [0.15, 0.2) is 0 Å². The molecule has 4 rings (SSSR count). The highest BCUT2D eigenvalue weighted by molar-refractivity contribution is 5.94. The van der Waals surface area contributed by atoms with Crippen molar-refractivity contribution < 1.29 is 9.59 Å². The number of rotatable bonds is 3. The Morgan fingerprint density at radius 2 is 2.07 bits per heavy atom. The Morgan fingerprint density at radius 1 is 1.18 bits per heavy atom. The van der Waals surface area contributed by atoms with Crippen LogP contribution in [0.3, 0.4) is 0 Å². The number of piperidine rings is 2. The summed E-state index contributed by atoms with van der Waals surface area (Å²) in [5, 5.41) is 0. The summed E-state index contributed by atoms with van der Waals surface area (Å²) in [7, 11) is 0. The van der Waals surface area contributed by atoms with E-state index < -0.39 is 0 Å². The maximum Gasteiger partial charge on any atom is 0.255 e. The van der Waals surface area contributed by atoms with Crippen LogP contribution in [0.4, 0.5) is 0 Å². The van der Waals surface area contributed by atoms with Gasteiger partial charge in [-0.15, -0.1) is 0 Å². The van der Waals surface area contributed by atoms with Gasteiger partial charge in [0.25, 0.3) is 5.91 Å². The Labute approximate surface area is 163 Å². The molecule has 1 atom stereocenters. The van der Waals surface area contributed by atoms with Crippen LogP contribution in [0.2, 0.25) is 0 Å². The van der Waals surface area contributed by atoms with Crippen molar-refractivity contribution >= 4 is 11.8 Å². The van der Waals surface area contributed by atoms with Crippen LogP contribution in [0, 0.1) is 5.41 Å². The number of carbonyl (C=O) groups excluding carboxylic acids is 2. The van der Waals surface area contributed by atoms with Crippen LogP contribution >= 0.6 is 0 Å². The van der Waals surface area contributed by atoms with E-state index in [1.165, 1.54) is 12.3 Å². The molecule has 2 aromatic heterocycles. The summed E-state index contributed by atoms with van der Waals surface area (Å²) in [4.78, 5) is 47.1. The number of pyridine rings is 2. The summed E-state index contributed by atoms with van der Waals surface area (Å²) >= 11 is 0. The van der Waals surface area contributed by atoms with Crippen LogP contribution in [-0.2, 0) is 11.3 Å². The number of aromatic nitrogens is 2. The smallest absolute Gasteiger partial charge is 0.255 e. The third-order valence-corrected chi connectivity index (χ3v) is 5.82. The lowest BCUT2D eigenvalue weighted by atomic mass is 9.73. The van der Waals surface area contributed by atoms with Crippen molar-refractivity contribution in [3.63, 3.8) is 0 Å². The molecule has 2 saturated heterocycles. The normalized spacial score (nSPS) is 22.5. The molecular weight excluding hydrogens is 356 g/mol. The van der Waals surface area contributed by atoms with Crippen molar-refractivity contribution in [2.75, 3.05) is 19.6 Å². The predicted octanol–water partition coefficient (Wildman–Crippen LogP) is 1.81. The molecule has 2 aromatic rings. The van der Waals surface area contributed by atoms with E-state index in [9.17, 15) is 14.4 Å². The minimum Gasteiger partial charge on any atom is -0.338 e. The van der Waals surface area contributed by atoms with E-state index >= 15 is 0 Å². The van der Waals surface area contributed by atoms with Gasteiger partial charge in [0, 0.05) is 62.7 Å². The quantitative estimate of drug-likeness (QED) is 0.880. The molecule has 146 valence electrons. The molecule has 0 saturated carbocycles. The molecule has 7 nitrogen and oxygen atoms in total. The summed E-state index contributed by atoms with van der Waals surface area (Å²) in [5.74, 6) is 0.101. The Kier molecular flexibility index (Phi) is 4.98. The molecule has 28 heavy (non-hydrogen) atoms. The minimum absolute atomic E-state index is 0.0633. The Hall–Kier alpha value is -2.96. The van der Waals surface area contributed by atoms with Crippen LogP contribution in [0.5, 0.6) is 0 Å². The largest absolute Gasteiger partial charge is 0.338 e. The summed E-state index contributed by atoms with van der Waals surface area (Å²) in [5.41, 5.74) is 1.23. The maximum atomic E-state index is 12.9. The monoisotopic (exact) mass is 380 g/mol. The lowest BCUT2D eigenvalue weighted by Crippen LogP contribution is -2.54. The number of amides is 2. The third kappa shape index (κ3) is 3.83. The van der Waals surface area contributed by atoms with Crippen molar-refractivity contribution in [2.24, 2.45) is 5.41 Å². The van der Waals surface area contributed by atoms with E-state index in [0.717, 1.165) is 24.8 Å². The standard InChI is InChI=1S/C21H24N4O3/c26-18-5-4-17(12-23-18)20(28)24-10-2-7-21(14-24)8-6-19(27)25(15-21)13-16-3-1-9-22-11-16/h1,3-5,9,11-12H,2,6-8,10,13-15H2,(H,23,26). The average molecular weight is 380 g/mol. The number of aromatic amines is 1. The van der Waals surface area contributed by atoms with Gasteiger partial charge in [0.05, 0.1) is 5.56 Å². The zero-order valence-corrected chi connectivity index (χ0v) is 15.8. The predicted molar refractivity (Wildman–Crippen MR) is 104 cm³/mol. The average Bonchev–Trinajstić information content (AvgIpc) is 2.72. The van der Waals surface area contributed by atoms with E-state index in [1.54, 1.807) is 18.5 Å². The van der Waals surface area contributed by atoms with Gasteiger partial charge >= 0.3 is 0 Å². The molecular formula is C21H24N4O3. The molecule has 2 fully saturated rings. The lowest BCUT2D eigenvalue weighted by Gasteiger charge is -2.48. The second-order valence-corrected chi connectivity index (χ2v) is 7.88. The summed E-state index contributed by atoms with van der Waals surface area (Å²) in [6.45, 7) is 2.57. The Bertz CT molecular complexity index is 906. The van der Waals surface area contributed by atoms with Gasteiger partial charge in [-0.3, -0.25) is 19.4 Å². The number of H-pyrrole nitrogens is 1. The zero-order chi connectivity index (χ0) is 19.6. The van der Waals surface area contributed by atoms with Crippen LogP contribution < -0.4 is 5.56 Å². The maximum absolute atomic E-state index is 12.9. The molecule has 1 spiro atoms. The molecule has 0 aliphatic carbocycles. The highest BCUT2D eigenvalue weighted by Crippen LogP contribution is 2.39. The molecule has 1 unspecified atom stereocenters. The molecule has 0 aromatic carbocycles. The first-order valence-electron chi connectivity index (χ1n) is 9.69. The van der Waals surface area contributed by atoms with Crippen molar-refractivity contribution in [1.82, 2.24) is 19.8 Å². The number of hydrogen-bond acceptors (Lipinski definition) is 4. The first-order valence-corrected chi connectivity index (χ1v) is 9.69. The van der Waals surface area contributed by atoms with E-state index in [0.29, 0.717) is 38.2 Å². The van der Waals surface area contributed by atoms with Crippen molar-refractivity contribution in [2.45, 2.75) is 32.2 Å². The fraction of sp³-hybridized carbons (Fsp3) is 0.429. The van der Waals surface area contributed by atoms with Crippen LogP contribution in [0.25, 0.3) is 0 Å². The fourth-order valence-electron chi connectivity index (χ4n) is 4.40. The Morgan fingerprint density at radius 3 is 2.82 bits per heavy atom. The van der Waals surface area contributed by atoms with E-state index in [-0.39, 0.29) is 22.8 Å². The number of hydrogen-bond donors (Lipinski definition) is 1. The van der Waals surface area contributed by atoms with Gasteiger partial charge in [-0.05, 0) is 37.0 Å². The minimum atomic E-state index is -0.219. The second-order valence-electron chi connectivity index (χ2n) is 7.88. The third-order valence-electron chi connectivity index (χ3n) is 5.82. The molecule has 0 radical (unpaired) electrons. The topological polar surface area (TPSA) is 86.4 Å². The zero-order valence-electron chi connectivity index (χ0n) is 15.8. The number of likely N-dealkylation sites (tertiary alicyclic amines) is 2. The van der Waals surface area contributed by atoms with Gasteiger partial charge in [0.1, 0.15) is 0 Å². The van der Waals surface area contributed by atoms with Crippen LogP contribution in [-0.4, -0.2) is 51.2 Å². The lowest BCUT2D eigenvalue weighted by molar-refractivity contribution is -0.139. The molecule has 0 bridgehead atoms. The van der Waals surface area contributed by atoms with E-state index in [1.807, 2.05) is 21.9 Å². The molecule has 1 N–H and O–H groups in total. The molecule has 4 heterocycles. The van der Waals surface area contributed by atoms with Crippen LogP contribution in [0.1, 0.15) is 41.6 Å². The second kappa shape index (κ2) is 7.58. The summed E-state index contributed by atoms with van der Waals surface area (Å²) in [6, 6.07) is 6.81. The number of carbonyl (C=O) groups is 2. The molecule has 2 aliphatic heterocycles. The molecule has 7 heteroatoms. The summed E-state index contributed by atoms with van der Waals surface area (Å²) < 4.78 is 0. The Balaban J connectivity index is 1.49. The van der Waals surface area contributed by atoms with Gasteiger partial charge < -0.3 is 14.8 Å². The van der Waals surface area contributed by atoms with E-state index in [4.69, 9.17) is 0 Å². The van der Waals surface area contributed by atoms with Gasteiger partial charge in [-0.2, -0.15) is 0 Å². The highest BCUT2D eigenvalue weighted by Gasteiger charge is 2.42. The highest BCUT2D eigenvalue weighted by atomic mass is 16.2. The first kappa shape index (κ1) is 18.4. The van der Waals surface area contributed by atoms with Gasteiger partial charge in [0.2, 0.25) is 11.5 Å². The number of nitrogens with zero attached hydrogens (tertiary/aromatic N) is 3. The number of nitrogens with one attached hydrogen (secondary N) is 1. The SMILES string of the molecule is O=C1CCC2(CCCN(C(=O)c3ccc(=O)[nH]c3)C2)CN1Cc1cccnc1. The molecule has 2 amide bonds. The fourth-order valence-corrected chi connectivity index (χ4v) is 4.40. The van der Waals surface area contributed by atoms with E-state index in [2.05, 4.69) is 9.97 Å². The van der Waals surface area contributed by atoms with Crippen molar-refractivity contribution in [3.05, 3.63) is 64.3 Å². The van der Waals surface area contributed by atoms with Crippen molar-refractivity contribution in [3.8, 4) is 0 Å². The van der Waals surface area contributed by atoms with Gasteiger partial charge in [-0.25, -0.2) is 0 Å². The summed E-state index contributed by atoms with van der Waals surface area (Å²) in [6.07, 6.45) is 8.26. The first-order chi connectivity index (χ1) is 13.5. The molecule has 2 aliphatic rings. The van der Waals surface area contributed by atoms with Gasteiger partial charge in [-0.1, -0.05) is 6.07 Å².